The van der Waals surface area contributed by atoms with Crippen molar-refractivity contribution in [2.75, 3.05) is 26.3 Å². The number of morpholine rings is 1. The summed E-state index contributed by atoms with van der Waals surface area (Å²) in [5.74, 6) is 0.784. The zero-order chi connectivity index (χ0) is 25.8. The van der Waals surface area contributed by atoms with Crippen molar-refractivity contribution in [3.05, 3.63) is 87.6 Å². The van der Waals surface area contributed by atoms with Crippen LogP contribution in [-0.2, 0) is 23.1 Å². The Morgan fingerprint density at radius 1 is 1.05 bits per heavy atom. The summed E-state index contributed by atoms with van der Waals surface area (Å²) in [6.07, 6.45) is -4.07. The van der Waals surface area contributed by atoms with Crippen LogP contribution >= 0.6 is 23.1 Å². The van der Waals surface area contributed by atoms with Crippen LogP contribution in [-0.4, -0.2) is 56.9 Å². The molecular formula is C25H22F3N5O2S2. The van der Waals surface area contributed by atoms with Crippen LogP contribution in [0.3, 0.4) is 0 Å². The lowest BCUT2D eigenvalue weighted by Crippen LogP contribution is -2.40. The van der Waals surface area contributed by atoms with E-state index in [2.05, 4.69) is 15.2 Å². The first-order chi connectivity index (χ1) is 17.9. The molecule has 5 rings (SSSR count). The molecule has 1 aliphatic rings. The number of alkyl halides is 3. The molecular weight excluding hydrogens is 523 g/mol. The number of hydrogen-bond acceptors (Lipinski definition) is 7. The van der Waals surface area contributed by atoms with Gasteiger partial charge in [-0.3, -0.25) is 9.36 Å². The number of rotatable bonds is 7. The van der Waals surface area contributed by atoms with E-state index in [9.17, 15) is 18.0 Å². The first kappa shape index (κ1) is 25.4. The third-order valence-electron chi connectivity index (χ3n) is 5.73. The van der Waals surface area contributed by atoms with Crippen LogP contribution in [0.5, 0.6) is 0 Å². The molecule has 0 bridgehead atoms. The number of benzene rings is 2. The summed E-state index contributed by atoms with van der Waals surface area (Å²) in [5.41, 5.74) is 0.930. The van der Waals surface area contributed by atoms with Crippen molar-refractivity contribution in [2.45, 2.75) is 23.5 Å². The number of hydrogen-bond donors (Lipinski definition) is 0. The lowest BCUT2D eigenvalue weighted by atomic mass is 10.1. The Morgan fingerprint density at radius 3 is 2.59 bits per heavy atom. The smallest absolute Gasteiger partial charge is 0.378 e. The first-order valence-corrected chi connectivity index (χ1v) is 13.3. The third kappa shape index (κ3) is 6.03. The molecule has 2 aromatic carbocycles. The van der Waals surface area contributed by atoms with Gasteiger partial charge in [-0.1, -0.05) is 48.2 Å². The van der Waals surface area contributed by atoms with E-state index >= 15 is 0 Å². The highest BCUT2D eigenvalue weighted by atomic mass is 32.2. The van der Waals surface area contributed by atoms with Crippen molar-refractivity contribution in [3.8, 4) is 5.69 Å². The predicted octanol–water partition coefficient (Wildman–Crippen LogP) is 5.10. The third-order valence-corrected chi connectivity index (χ3v) is 7.70. The van der Waals surface area contributed by atoms with Crippen LogP contribution in [0.1, 0.15) is 32.4 Å². The zero-order valence-electron chi connectivity index (χ0n) is 19.5. The maximum atomic E-state index is 13.4. The van der Waals surface area contributed by atoms with E-state index in [-0.39, 0.29) is 5.91 Å². The number of thioether (sulfide) groups is 1. The number of carbonyl (C=O) groups is 1. The molecule has 1 fully saturated rings. The quantitative estimate of drug-likeness (QED) is 0.301. The van der Waals surface area contributed by atoms with Gasteiger partial charge in [0, 0.05) is 24.9 Å². The molecule has 1 aliphatic heterocycles. The monoisotopic (exact) mass is 545 g/mol. The zero-order valence-corrected chi connectivity index (χ0v) is 21.2. The highest BCUT2D eigenvalue weighted by molar-refractivity contribution is 7.98. The van der Waals surface area contributed by atoms with Gasteiger partial charge >= 0.3 is 6.18 Å². The summed E-state index contributed by atoms with van der Waals surface area (Å²) in [5, 5.41) is 11.5. The summed E-state index contributed by atoms with van der Waals surface area (Å²) >= 11 is 2.67. The van der Waals surface area contributed by atoms with Crippen LogP contribution in [0.4, 0.5) is 13.2 Å². The molecule has 3 heterocycles. The minimum atomic E-state index is -4.47. The predicted molar refractivity (Wildman–Crippen MR) is 134 cm³/mol. The van der Waals surface area contributed by atoms with Crippen molar-refractivity contribution < 1.29 is 22.7 Å². The van der Waals surface area contributed by atoms with Gasteiger partial charge < -0.3 is 9.64 Å². The number of nitrogens with zero attached hydrogens (tertiary/aromatic N) is 5. The molecule has 7 nitrogen and oxygen atoms in total. The van der Waals surface area contributed by atoms with Crippen LogP contribution in [0, 0.1) is 0 Å². The Balaban J connectivity index is 1.40. The number of carbonyl (C=O) groups excluding carboxylic acids is 1. The summed E-state index contributed by atoms with van der Waals surface area (Å²) < 4.78 is 47.3. The molecule has 37 heavy (non-hydrogen) atoms. The summed E-state index contributed by atoms with van der Waals surface area (Å²) in [4.78, 5) is 18.9. The molecule has 12 heteroatoms. The maximum absolute atomic E-state index is 13.4. The second-order valence-corrected chi connectivity index (χ2v) is 10.1. The van der Waals surface area contributed by atoms with Gasteiger partial charge in [-0.15, -0.1) is 21.5 Å². The number of thiazole rings is 1. The van der Waals surface area contributed by atoms with Gasteiger partial charge in [-0.05, 0) is 23.8 Å². The van der Waals surface area contributed by atoms with Crippen molar-refractivity contribution in [2.24, 2.45) is 0 Å². The fraction of sp³-hybridized carbons (Fsp3) is 0.280. The lowest BCUT2D eigenvalue weighted by Gasteiger charge is -2.25. The fourth-order valence-electron chi connectivity index (χ4n) is 3.90. The van der Waals surface area contributed by atoms with Crippen molar-refractivity contribution in [3.63, 3.8) is 0 Å². The number of ether oxygens (including phenoxy) is 1. The van der Waals surface area contributed by atoms with Gasteiger partial charge in [0.1, 0.15) is 16.5 Å². The second kappa shape index (κ2) is 11.0. The van der Waals surface area contributed by atoms with E-state index in [1.807, 2.05) is 30.3 Å². The Bertz CT molecular complexity index is 1370. The second-order valence-electron chi connectivity index (χ2n) is 8.26. The Kier molecular flexibility index (Phi) is 7.58. The molecule has 0 saturated carbocycles. The lowest BCUT2D eigenvalue weighted by molar-refractivity contribution is -0.137. The standard InChI is InChI=1S/C25H22F3N5O2S2/c26-25(27,28)18-7-4-8-19(14-18)33-21(13-17-5-2-1-3-6-17)30-31-24(33)37-16-22-29-20(15-36-22)23(34)32-9-11-35-12-10-32/h1-8,14-15H,9-13,16H2. The molecule has 0 radical (unpaired) electrons. The normalized spacial score (nSPS) is 14.2. The fourth-order valence-corrected chi connectivity index (χ4v) is 5.65. The highest BCUT2D eigenvalue weighted by Gasteiger charge is 2.31. The molecule has 192 valence electrons. The summed E-state index contributed by atoms with van der Waals surface area (Å²) in [7, 11) is 0. The molecule has 4 aromatic rings. The molecule has 2 aromatic heterocycles. The van der Waals surface area contributed by atoms with E-state index in [1.165, 1.54) is 29.2 Å². The van der Waals surface area contributed by atoms with Crippen molar-refractivity contribution >= 4 is 29.0 Å². The Labute approximate surface area is 219 Å². The molecule has 0 atom stereocenters. The van der Waals surface area contributed by atoms with Crippen molar-refractivity contribution in [1.82, 2.24) is 24.6 Å². The van der Waals surface area contributed by atoms with Crippen LogP contribution in [0.15, 0.2) is 65.1 Å². The van der Waals surface area contributed by atoms with E-state index in [4.69, 9.17) is 4.74 Å². The first-order valence-electron chi connectivity index (χ1n) is 11.5. The average Bonchev–Trinajstić information content (AvgIpc) is 3.55. The summed E-state index contributed by atoms with van der Waals surface area (Å²) in [6.45, 7) is 2.08. The average molecular weight is 546 g/mol. The maximum Gasteiger partial charge on any atom is 0.416 e. The minimum absolute atomic E-state index is 0.131. The van der Waals surface area contributed by atoms with E-state index in [0.29, 0.717) is 65.8 Å². The van der Waals surface area contributed by atoms with E-state index in [0.717, 1.165) is 17.7 Å². The van der Waals surface area contributed by atoms with Gasteiger partial charge in [0.15, 0.2) is 5.16 Å². The molecule has 0 N–H and O–H groups in total. The topological polar surface area (TPSA) is 73.1 Å². The minimum Gasteiger partial charge on any atom is -0.378 e. The molecule has 0 spiro atoms. The molecule has 0 aliphatic carbocycles. The Morgan fingerprint density at radius 2 is 1.84 bits per heavy atom. The Hall–Kier alpha value is -3.22. The van der Waals surface area contributed by atoms with Crippen LogP contribution in [0.2, 0.25) is 0 Å². The largest absolute Gasteiger partial charge is 0.416 e. The number of amides is 1. The van der Waals surface area contributed by atoms with E-state index < -0.39 is 11.7 Å². The van der Waals surface area contributed by atoms with Gasteiger partial charge in [0.25, 0.3) is 5.91 Å². The molecule has 0 unspecified atom stereocenters. The van der Waals surface area contributed by atoms with E-state index in [1.54, 1.807) is 20.9 Å². The van der Waals surface area contributed by atoms with Crippen molar-refractivity contribution in [1.29, 1.82) is 0 Å². The van der Waals surface area contributed by atoms with Gasteiger partial charge in [-0.25, -0.2) is 4.98 Å². The van der Waals surface area contributed by atoms with Gasteiger partial charge in [0.2, 0.25) is 0 Å². The van der Waals surface area contributed by atoms with Gasteiger partial charge in [-0.2, -0.15) is 13.2 Å². The number of aromatic nitrogens is 4. The summed E-state index contributed by atoms with van der Waals surface area (Å²) in [6, 6.07) is 14.7. The molecule has 1 saturated heterocycles. The van der Waals surface area contributed by atoms with Crippen LogP contribution in [0.25, 0.3) is 5.69 Å². The SMILES string of the molecule is O=C(c1csc(CSc2nnc(Cc3ccccc3)n2-c2cccc(C(F)(F)F)c2)n1)N1CCOCC1. The molecule has 1 amide bonds. The highest BCUT2D eigenvalue weighted by Crippen LogP contribution is 2.33. The van der Waals surface area contributed by atoms with Crippen LogP contribution < -0.4 is 0 Å². The van der Waals surface area contributed by atoms with Gasteiger partial charge in [0.05, 0.1) is 30.2 Å². The number of halogens is 3.